The summed E-state index contributed by atoms with van der Waals surface area (Å²) < 4.78 is 13.2. The smallest absolute Gasteiger partial charge is 0.222 e. The van der Waals surface area contributed by atoms with Crippen molar-refractivity contribution >= 4 is 22.8 Å². The monoisotopic (exact) mass is 279 g/mol. The molecule has 0 aromatic carbocycles. The first-order chi connectivity index (χ1) is 9.63. The van der Waals surface area contributed by atoms with Crippen LogP contribution in [0.15, 0.2) is 12.3 Å². The van der Waals surface area contributed by atoms with Gasteiger partial charge in [0.05, 0.1) is 24.4 Å². The van der Waals surface area contributed by atoms with Crippen LogP contribution in [-0.4, -0.2) is 32.7 Å². The Morgan fingerprint density at radius 3 is 2.95 bits per heavy atom. The summed E-state index contributed by atoms with van der Waals surface area (Å²) >= 11 is 0. The van der Waals surface area contributed by atoms with Crippen molar-refractivity contribution in [1.82, 2.24) is 15.0 Å². The highest BCUT2D eigenvalue weighted by Gasteiger charge is 2.13. The average Bonchev–Trinajstić information content (AvgIpc) is 2.42. The summed E-state index contributed by atoms with van der Waals surface area (Å²) in [6, 6.07) is 1.12. The molecule has 6 nitrogen and oxygen atoms in total. The Labute approximate surface area is 116 Å². The van der Waals surface area contributed by atoms with Crippen molar-refractivity contribution in [3.63, 3.8) is 0 Å². The van der Waals surface area contributed by atoms with E-state index in [4.69, 9.17) is 5.73 Å². The van der Waals surface area contributed by atoms with E-state index in [1.54, 1.807) is 0 Å². The Hall–Kier alpha value is -2.02. The van der Waals surface area contributed by atoms with Gasteiger partial charge in [-0.3, -0.25) is 0 Å². The summed E-state index contributed by atoms with van der Waals surface area (Å²) in [6.07, 6.45) is 3.93. The van der Waals surface area contributed by atoms with Crippen molar-refractivity contribution in [2.45, 2.75) is 32.2 Å². The molecule has 2 aromatic heterocycles. The van der Waals surface area contributed by atoms with Gasteiger partial charge in [0.15, 0.2) is 5.82 Å². The first-order valence-electron chi connectivity index (χ1n) is 6.60. The first kappa shape index (κ1) is 14.4. The normalized spacial score (nSPS) is 12.6. The molecular formula is C13H18FN5O. The zero-order chi connectivity index (χ0) is 14.5. The predicted molar refractivity (Wildman–Crippen MR) is 75.7 cm³/mol. The lowest BCUT2D eigenvalue weighted by atomic mass is 10.1. The van der Waals surface area contributed by atoms with Gasteiger partial charge in [-0.15, -0.1) is 0 Å². The van der Waals surface area contributed by atoms with Gasteiger partial charge in [0.25, 0.3) is 0 Å². The van der Waals surface area contributed by atoms with Gasteiger partial charge in [0, 0.05) is 6.07 Å². The second-order valence-corrected chi connectivity index (χ2v) is 4.62. The van der Waals surface area contributed by atoms with E-state index in [2.05, 4.69) is 27.2 Å². The number of fused-ring (bicyclic) bond motifs is 1. The van der Waals surface area contributed by atoms with Crippen LogP contribution in [0.25, 0.3) is 11.0 Å². The molecule has 0 aliphatic carbocycles. The zero-order valence-corrected chi connectivity index (χ0v) is 11.3. The number of nitrogen functional groups attached to an aromatic ring is 1. The minimum atomic E-state index is -0.480. The lowest BCUT2D eigenvalue weighted by Gasteiger charge is -2.17. The number of nitrogens with one attached hydrogen (secondary N) is 1. The van der Waals surface area contributed by atoms with Crippen molar-refractivity contribution in [1.29, 1.82) is 0 Å². The number of rotatable bonds is 6. The van der Waals surface area contributed by atoms with Crippen molar-refractivity contribution in [2.75, 3.05) is 17.7 Å². The van der Waals surface area contributed by atoms with Gasteiger partial charge < -0.3 is 16.2 Å². The van der Waals surface area contributed by atoms with E-state index in [9.17, 15) is 9.50 Å². The number of aromatic nitrogens is 3. The maximum atomic E-state index is 13.2. The molecule has 2 heterocycles. The molecule has 108 valence electrons. The number of aliphatic hydroxyl groups is 1. The second-order valence-electron chi connectivity index (χ2n) is 4.62. The van der Waals surface area contributed by atoms with E-state index >= 15 is 0 Å². The number of hydrogen-bond donors (Lipinski definition) is 3. The SMILES string of the molecule is CCCC[C@H](CO)Nc1nc(N)nc2cc(F)cnc12. The number of nitrogens with zero attached hydrogens (tertiary/aromatic N) is 3. The van der Waals surface area contributed by atoms with Crippen molar-refractivity contribution in [3.8, 4) is 0 Å². The fourth-order valence-electron chi connectivity index (χ4n) is 1.97. The van der Waals surface area contributed by atoms with Crippen LogP contribution in [0.1, 0.15) is 26.2 Å². The third-order valence-corrected chi connectivity index (χ3v) is 2.99. The molecule has 0 aliphatic heterocycles. The lowest BCUT2D eigenvalue weighted by Crippen LogP contribution is -2.24. The van der Waals surface area contributed by atoms with Crippen LogP contribution >= 0.6 is 0 Å². The molecule has 2 aromatic rings. The number of pyridine rings is 1. The van der Waals surface area contributed by atoms with Gasteiger partial charge in [-0.05, 0) is 6.42 Å². The molecule has 7 heteroatoms. The second kappa shape index (κ2) is 6.42. The molecule has 4 N–H and O–H groups in total. The molecular weight excluding hydrogens is 261 g/mol. The molecule has 0 saturated heterocycles. The van der Waals surface area contributed by atoms with Crippen LogP contribution in [-0.2, 0) is 0 Å². The molecule has 0 aliphatic rings. The summed E-state index contributed by atoms with van der Waals surface area (Å²) in [4.78, 5) is 12.0. The topological polar surface area (TPSA) is 97.0 Å². The number of unbranched alkanes of at least 4 members (excludes halogenated alkanes) is 1. The van der Waals surface area contributed by atoms with E-state index < -0.39 is 5.82 Å². The summed E-state index contributed by atoms with van der Waals surface area (Å²) in [7, 11) is 0. The molecule has 0 saturated carbocycles. The molecule has 0 radical (unpaired) electrons. The van der Waals surface area contributed by atoms with Crippen LogP contribution in [0, 0.1) is 5.82 Å². The van der Waals surface area contributed by atoms with E-state index in [1.165, 1.54) is 6.07 Å². The Morgan fingerprint density at radius 2 is 2.25 bits per heavy atom. The van der Waals surface area contributed by atoms with Crippen LogP contribution in [0.5, 0.6) is 0 Å². The molecule has 0 fully saturated rings. The molecule has 20 heavy (non-hydrogen) atoms. The zero-order valence-electron chi connectivity index (χ0n) is 11.3. The average molecular weight is 279 g/mol. The van der Waals surface area contributed by atoms with Crippen molar-refractivity contribution < 1.29 is 9.50 Å². The molecule has 0 bridgehead atoms. The number of halogens is 1. The van der Waals surface area contributed by atoms with E-state index in [0.29, 0.717) is 16.9 Å². The van der Waals surface area contributed by atoms with Crippen LogP contribution < -0.4 is 11.1 Å². The number of hydrogen-bond acceptors (Lipinski definition) is 6. The highest BCUT2D eigenvalue weighted by molar-refractivity contribution is 5.86. The quantitative estimate of drug-likeness (QED) is 0.744. The van der Waals surface area contributed by atoms with Gasteiger partial charge in [-0.1, -0.05) is 19.8 Å². The van der Waals surface area contributed by atoms with Gasteiger partial charge in [-0.25, -0.2) is 14.4 Å². The maximum Gasteiger partial charge on any atom is 0.222 e. The van der Waals surface area contributed by atoms with Crippen molar-refractivity contribution in [2.24, 2.45) is 0 Å². The minimum absolute atomic E-state index is 0.0212. The first-order valence-corrected chi connectivity index (χ1v) is 6.60. The van der Waals surface area contributed by atoms with Crippen molar-refractivity contribution in [3.05, 3.63) is 18.1 Å². The molecule has 2 rings (SSSR count). The summed E-state index contributed by atoms with van der Waals surface area (Å²) in [6.45, 7) is 2.06. The standard InChI is InChI=1S/C13H18FN5O/c1-2-3-4-9(7-20)17-12-11-10(18-13(15)19-12)5-8(14)6-16-11/h5-6,9,20H,2-4,7H2,1H3,(H3,15,17,18,19)/t9-/m1/s1. The fraction of sp³-hybridized carbons (Fsp3) is 0.462. The Morgan fingerprint density at radius 1 is 1.45 bits per heavy atom. The molecule has 0 amide bonds. The van der Waals surface area contributed by atoms with Gasteiger partial charge in [0.1, 0.15) is 11.3 Å². The largest absolute Gasteiger partial charge is 0.394 e. The molecule has 0 unspecified atom stereocenters. The summed E-state index contributed by atoms with van der Waals surface area (Å²) in [5.74, 6) is -0.0199. The highest BCUT2D eigenvalue weighted by atomic mass is 19.1. The third kappa shape index (κ3) is 3.30. The van der Waals surface area contributed by atoms with E-state index in [-0.39, 0.29) is 18.6 Å². The Bertz CT molecular complexity index is 587. The molecule has 1 atom stereocenters. The number of nitrogens with two attached hydrogens (primary N) is 1. The van der Waals surface area contributed by atoms with Crippen LogP contribution in [0.4, 0.5) is 16.2 Å². The lowest BCUT2D eigenvalue weighted by molar-refractivity contribution is 0.267. The van der Waals surface area contributed by atoms with E-state index in [1.807, 2.05) is 0 Å². The third-order valence-electron chi connectivity index (χ3n) is 2.99. The minimum Gasteiger partial charge on any atom is -0.394 e. The Balaban J connectivity index is 2.32. The highest BCUT2D eigenvalue weighted by Crippen LogP contribution is 2.21. The predicted octanol–water partition coefficient (Wildman–Crippen LogP) is 1.71. The summed E-state index contributed by atoms with van der Waals surface area (Å²) in [5, 5.41) is 12.5. The fourth-order valence-corrected chi connectivity index (χ4v) is 1.97. The number of anilines is 2. The maximum absolute atomic E-state index is 13.2. The van der Waals surface area contributed by atoms with Crippen LogP contribution in [0.2, 0.25) is 0 Å². The van der Waals surface area contributed by atoms with Gasteiger partial charge in [-0.2, -0.15) is 4.98 Å². The number of aliphatic hydroxyl groups excluding tert-OH is 1. The summed E-state index contributed by atoms with van der Waals surface area (Å²) in [5.41, 5.74) is 6.40. The van der Waals surface area contributed by atoms with Crippen LogP contribution in [0.3, 0.4) is 0 Å². The van der Waals surface area contributed by atoms with E-state index in [0.717, 1.165) is 25.5 Å². The Kier molecular flexibility index (Phi) is 4.62. The van der Waals surface area contributed by atoms with Gasteiger partial charge >= 0.3 is 0 Å². The van der Waals surface area contributed by atoms with Gasteiger partial charge in [0.2, 0.25) is 5.95 Å². The molecule has 0 spiro atoms.